The Balaban J connectivity index is 1.54. The molecule has 0 radical (unpaired) electrons. The first-order chi connectivity index (χ1) is 8.77. The van der Waals surface area contributed by atoms with Crippen LogP contribution in [0.2, 0.25) is 0 Å². The van der Waals surface area contributed by atoms with Gasteiger partial charge in [0.15, 0.2) is 0 Å². The van der Waals surface area contributed by atoms with Crippen LogP contribution in [-0.4, -0.2) is 17.3 Å². The van der Waals surface area contributed by atoms with Crippen LogP contribution < -0.4 is 5.32 Å². The summed E-state index contributed by atoms with van der Waals surface area (Å²) in [6, 6.07) is 0.226. The van der Waals surface area contributed by atoms with E-state index >= 15 is 0 Å². The fraction of sp³-hybridized carbons (Fsp3) is 0.933. The molecular formula is C15H24ClNO. The molecule has 0 saturated heterocycles. The molecular weight excluding hydrogens is 246 g/mol. The van der Waals surface area contributed by atoms with Gasteiger partial charge in [0.05, 0.1) is 5.38 Å². The summed E-state index contributed by atoms with van der Waals surface area (Å²) in [6.07, 6.45) is 11.0. The summed E-state index contributed by atoms with van der Waals surface area (Å²) in [5.41, 5.74) is 0. The zero-order chi connectivity index (χ0) is 12.5. The average Bonchev–Trinajstić information content (AvgIpc) is 3.12. The van der Waals surface area contributed by atoms with Gasteiger partial charge in [0.25, 0.3) is 0 Å². The van der Waals surface area contributed by atoms with E-state index in [4.69, 9.17) is 11.6 Å². The number of nitrogens with one attached hydrogen (secondary N) is 1. The molecule has 0 aromatic heterocycles. The van der Waals surface area contributed by atoms with Crippen molar-refractivity contribution in [3.63, 3.8) is 0 Å². The molecule has 0 aromatic rings. The lowest BCUT2D eigenvalue weighted by atomic mass is 10.0. The normalized spacial score (nSPS) is 43.7. The van der Waals surface area contributed by atoms with Crippen molar-refractivity contribution in [2.75, 3.05) is 0 Å². The van der Waals surface area contributed by atoms with Gasteiger partial charge in [-0.3, -0.25) is 4.79 Å². The van der Waals surface area contributed by atoms with E-state index in [-0.39, 0.29) is 11.4 Å². The number of fused-ring (bicyclic) bond motifs is 1. The lowest BCUT2D eigenvalue weighted by Gasteiger charge is -2.21. The highest BCUT2D eigenvalue weighted by atomic mass is 35.5. The predicted molar refractivity (Wildman–Crippen MR) is 73.6 cm³/mol. The van der Waals surface area contributed by atoms with Crippen LogP contribution in [-0.2, 0) is 4.79 Å². The van der Waals surface area contributed by atoms with E-state index in [1.807, 2.05) is 0 Å². The van der Waals surface area contributed by atoms with E-state index in [1.165, 1.54) is 44.9 Å². The second kappa shape index (κ2) is 5.40. The maximum absolute atomic E-state index is 12.3. The van der Waals surface area contributed by atoms with E-state index in [0.29, 0.717) is 23.7 Å². The van der Waals surface area contributed by atoms with Crippen molar-refractivity contribution in [1.82, 2.24) is 5.32 Å². The Bertz CT molecular complexity index is 308. The summed E-state index contributed by atoms with van der Waals surface area (Å²) in [5, 5.41) is 3.41. The van der Waals surface area contributed by atoms with Crippen molar-refractivity contribution in [2.24, 2.45) is 17.8 Å². The minimum atomic E-state index is 0.150. The Hall–Kier alpha value is -0.240. The molecule has 0 bridgehead atoms. The molecule has 1 N–H and O–H groups in total. The minimum absolute atomic E-state index is 0.150. The Morgan fingerprint density at radius 1 is 0.889 bits per heavy atom. The van der Waals surface area contributed by atoms with Crippen molar-refractivity contribution in [2.45, 2.75) is 69.2 Å². The van der Waals surface area contributed by atoms with Gasteiger partial charge < -0.3 is 5.32 Å². The van der Waals surface area contributed by atoms with E-state index in [2.05, 4.69) is 5.32 Å². The maximum atomic E-state index is 12.3. The molecule has 3 aliphatic rings. The molecule has 3 heteroatoms. The van der Waals surface area contributed by atoms with Crippen molar-refractivity contribution in [3.05, 3.63) is 0 Å². The highest BCUT2D eigenvalue weighted by Gasteiger charge is 2.54. The molecule has 4 unspecified atom stereocenters. The van der Waals surface area contributed by atoms with Crippen LogP contribution in [0.3, 0.4) is 0 Å². The minimum Gasteiger partial charge on any atom is -0.352 e. The number of rotatable bonds is 2. The van der Waals surface area contributed by atoms with Gasteiger partial charge in [-0.25, -0.2) is 0 Å². The third-order valence-corrected chi connectivity index (χ3v) is 5.74. The van der Waals surface area contributed by atoms with Gasteiger partial charge in [-0.05, 0) is 37.5 Å². The van der Waals surface area contributed by atoms with Crippen LogP contribution in [0.15, 0.2) is 0 Å². The summed E-state index contributed by atoms with van der Waals surface area (Å²) in [7, 11) is 0. The zero-order valence-corrected chi connectivity index (χ0v) is 11.8. The van der Waals surface area contributed by atoms with E-state index in [1.54, 1.807) is 0 Å². The van der Waals surface area contributed by atoms with Crippen LogP contribution in [0.25, 0.3) is 0 Å². The molecule has 102 valence electrons. The summed E-state index contributed by atoms with van der Waals surface area (Å²) >= 11 is 6.39. The van der Waals surface area contributed by atoms with E-state index in [9.17, 15) is 4.79 Å². The standard InChI is InChI=1S/C15H24ClNO/c16-12-8-2-1-3-9-13(12)17-15(18)14-10-6-4-5-7-11(10)14/h10-14H,1-9H2,(H,17,18). The third-order valence-electron chi connectivity index (χ3n) is 5.22. The fourth-order valence-corrected chi connectivity index (χ4v) is 4.43. The van der Waals surface area contributed by atoms with Gasteiger partial charge in [-0.2, -0.15) is 0 Å². The first-order valence-electron chi connectivity index (χ1n) is 7.72. The number of alkyl halides is 1. The van der Waals surface area contributed by atoms with Crippen molar-refractivity contribution < 1.29 is 4.79 Å². The van der Waals surface area contributed by atoms with Gasteiger partial charge in [0.2, 0.25) is 5.91 Å². The van der Waals surface area contributed by atoms with Gasteiger partial charge in [-0.15, -0.1) is 11.6 Å². The Morgan fingerprint density at radius 3 is 2.22 bits per heavy atom. The SMILES string of the molecule is O=C(NC1CCCCCC1Cl)C1C2CCCCC21. The first-order valence-corrected chi connectivity index (χ1v) is 8.15. The number of hydrogen-bond acceptors (Lipinski definition) is 1. The van der Waals surface area contributed by atoms with Crippen molar-refractivity contribution >= 4 is 17.5 Å². The zero-order valence-electron chi connectivity index (χ0n) is 11.0. The molecule has 0 aliphatic heterocycles. The van der Waals surface area contributed by atoms with Gasteiger partial charge >= 0.3 is 0 Å². The molecule has 0 aromatic carbocycles. The van der Waals surface area contributed by atoms with Crippen LogP contribution in [0, 0.1) is 17.8 Å². The van der Waals surface area contributed by atoms with Gasteiger partial charge in [0.1, 0.15) is 0 Å². The van der Waals surface area contributed by atoms with Crippen LogP contribution in [0.4, 0.5) is 0 Å². The molecule has 1 amide bonds. The highest BCUT2D eigenvalue weighted by Crippen LogP contribution is 2.55. The fourth-order valence-electron chi connectivity index (χ4n) is 4.09. The molecule has 0 heterocycles. The van der Waals surface area contributed by atoms with Crippen LogP contribution in [0.5, 0.6) is 0 Å². The molecule has 3 rings (SSSR count). The molecule has 3 fully saturated rings. The van der Waals surface area contributed by atoms with Gasteiger partial charge in [0, 0.05) is 12.0 Å². The summed E-state index contributed by atoms with van der Waals surface area (Å²) in [5.74, 6) is 2.06. The molecule has 2 nitrogen and oxygen atoms in total. The predicted octanol–water partition coefficient (Wildman–Crippen LogP) is 3.48. The Labute approximate surface area is 115 Å². The van der Waals surface area contributed by atoms with E-state index in [0.717, 1.165) is 12.8 Å². The quantitative estimate of drug-likeness (QED) is 0.604. The van der Waals surface area contributed by atoms with Crippen molar-refractivity contribution in [3.8, 4) is 0 Å². The maximum Gasteiger partial charge on any atom is 0.223 e. The average molecular weight is 270 g/mol. The smallest absolute Gasteiger partial charge is 0.223 e. The second-order valence-corrected chi connectivity index (χ2v) is 6.97. The lowest BCUT2D eigenvalue weighted by Crippen LogP contribution is -2.41. The monoisotopic (exact) mass is 269 g/mol. The molecule has 3 aliphatic carbocycles. The number of carbonyl (C=O) groups is 1. The molecule has 4 atom stereocenters. The molecule has 18 heavy (non-hydrogen) atoms. The Morgan fingerprint density at radius 2 is 1.50 bits per heavy atom. The second-order valence-electron chi connectivity index (χ2n) is 6.41. The Kier molecular flexibility index (Phi) is 3.83. The van der Waals surface area contributed by atoms with Crippen LogP contribution >= 0.6 is 11.6 Å². The largest absolute Gasteiger partial charge is 0.352 e. The number of hydrogen-bond donors (Lipinski definition) is 1. The topological polar surface area (TPSA) is 29.1 Å². The number of carbonyl (C=O) groups excluding carboxylic acids is 1. The molecule has 0 spiro atoms. The lowest BCUT2D eigenvalue weighted by molar-refractivity contribution is -0.123. The summed E-state index contributed by atoms with van der Waals surface area (Å²) in [4.78, 5) is 12.3. The number of halogens is 1. The molecule has 3 saturated carbocycles. The van der Waals surface area contributed by atoms with Gasteiger partial charge in [-0.1, -0.05) is 32.1 Å². The summed E-state index contributed by atoms with van der Waals surface area (Å²) in [6.45, 7) is 0. The summed E-state index contributed by atoms with van der Waals surface area (Å²) < 4.78 is 0. The highest BCUT2D eigenvalue weighted by molar-refractivity contribution is 6.21. The van der Waals surface area contributed by atoms with Crippen molar-refractivity contribution in [1.29, 1.82) is 0 Å². The third kappa shape index (κ3) is 2.54. The number of amides is 1. The first kappa shape index (κ1) is 12.8. The van der Waals surface area contributed by atoms with Crippen LogP contribution in [0.1, 0.15) is 57.8 Å². The van der Waals surface area contributed by atoms with E-state index < -0.39 is 0 Å².